The first kappa shape index (κ1) is 18.8. The largest absolute Gasteiger partial charge is 0.508 e. The summed E-state index contributed by atoms with van der Waals surface area (Å²) in [5.41, 5.74) is 0.0774. The number of anilines is 1. The second-order valence-corrected chi connectivity index (χ2v) is 7.41. The van der Waals surface area contributed by atoms with E-state index >= 15 is 0 Å². The van der Waals surface area contributed by atoms with E-state index in [1.54, 1.807) is 0 Å². The molecule has 0 aliphatic rings. The van der Waals surface area contributed by atoms with Gasteiger partial charge in [0, 0.05) is 11.6 Å². The number of aromatic hydroxyl groups is 1. The Labute approximate surface area is 154 Å². The molecule has 0 saturated heterocycles. The van der Waals surface area contributed by atoms with Gasteiger partial charge in [-0.05, 0) is 35.9 Å². The predicted molar refractivity (Wildman–Crippen MR) is 96.6 cm³/mol. The molecule has 5 nitrogen and oxygen atoms in total. The van der Waals surface area contributed by atoms with Crippen molar-refractivity contribution < 1.29 is 27.4 Å². The third-order valence-corrected chi connectivity index (χ3v) is 5.28. The van der Waals surface area contributed by atoms with Gasteiger partial charge in [0.2, 0.25) is 0 Å². The fraction of sp³-hybridized carbons (Fsp3) is 0.0526. The number of halogens is 2. The number of phenols is 1. The molecule has 0 spiro atoms. The van der Waals surface area contributed by atoms with Crippen LogP contribution in [0.1, 0.15) is 5.56 Å². The van der Waals surface area contributed by atoms with E-state index in [1.807, 2.05) is 0 Å². The Bertz CT molecular complexity index is 1080. The number of rotatable bonds is 5. The number of aliphatic hydroxyl groups excluding tert-OH is 1. The van der Waals surface area contributed by atoms with Gasteiger partial charge in [0.15, 0.2) is 0 Å². The van der Waals surface area contributed by atoms with Gasteiger partial charge < -0.3 is 10.2 Å². The highest BCUT2D eigenvalue weighted by molar-refractivity contribution is 7.92. The summed E-state index contributed by atoms with van der Waals surface area (Å²) in [6, 6.07) is 12.5. The number of aliphatic hydroxyl groups is 1. The van der Waals surface area contributed by atoms with Crippen molar-refractivity contribution in [1.29, 1.82) is 0 Å². The molecule has 3 aromatic rings. The van der Waals surface area contributed by atoms with Crippen LogP contribution in [0.2, 0.25) is 0 Å². The van der Waals surface area contributed by atoms with Crippen LogP contribution in [0.25, 0.3) is 11.1 Å². The maximum Gasteiger partial charge on any atom is 0.261 e. The number of nitrogens with one attached hydrogen (secondary N) is 1. The molecule has 0 saturated carbocycles. The molecule has 0 aliphatic carbocycles. The van der Waals surface area contributed by atoms with E-state index in [-0.39, 0.29) is 33.0 Å². The molecular weight excluding hydrogens is 376 g/mol. The minimum atomic E-state index is -4.07. The van der Waals surface area contributed by atoms with Gasteiger partial charge in [0.1, 0.15) is 17.4 Å². The standard InChI is InChI=1S/C19H15F2NO4S/c20-16-5-2-6-17(21)19(16)12-3-1-4-15(9-12)27(25,26)22-14-8-7-13(11-23)18(24)10-14/h1-10,22-24H,11H2. The van der Waals surface area contributed by atoms with Crippen LogP contribution in [-0.4, -0.2) is 18.6 Å². The summed E-state index contributed by atoms with van der Waals surface area (Å²) in [5.74, 6) is -1.87. The van der Waals surface area contributed by atoms with Crippen molar-refractivity contribution in [3.05, 3.63) is 77.9 Å². The van der Waals surface area contributed by atoms with Crippen LogP contribution in [-0.2, 0) is 16.6 Å². The zero-order valence-corrected chi connectivity index (χ0v) is 14.7. The fourth-order valence-corrected chi connectivity index (χ4v) is 3.66. The van der Waals surface area contributed by atoms with Gasteiger partial charge >= 0.3 is 0 Å². The highest BCUT2D eigenvalue weighted by atomic mass is 32.2. The fourth-order valence-electron chi connectivity index (χ4n) is 2.57. The van der Waals surface area contributed by atoms with Crippen LogP contribution in [0, 0.1) is 11.6 Å². The summed E-state index contributed by atoms with van der Waals surface area (Å²) in [5, 5.41) is 18.8. The topological polar surface area (TPSA) is 86.6 Å². The van der Waals surface area contributed by atoms with E-state index in [0.29, 0.717) is 0 Å². The smallest absolute Gasteiger partial charge is 0.261 e. The molecule has 0 aromatic heterocycles. The highest BCUT2D eigenvalue weighted by Gasteiger charge is 2.18. The minimum Gasteiger partial charge on any atom is -0.508 e. The summed E-state index contributed by atoms with van der Waals surface area (Å²) in [6.45, 7) is -0.394. The van der Waals surface area contributed by atoms with Crippen molar-refractivity contribution >= 4 is 15.7 Å². The van der Waals surface area contributed by atoms with E-state index in [0.717, 1.165) is 24.3 Å². The number of sulfonamides is 1. The quantitative estimate of drug-likeness (QED) is 0.620. The van der Waals surface area contributed by atoms with Crippen molar-refractivity contribution in [1.82, 2.24) is 0 Å². The zero-order chi connectivity index (χ0) is 19.6. The molecule has 0 aliphatic heterocycles. The van der Waals surface area contributed by atoms with Crippen molar-refractivity contribution in [3.63, 3.8) is 0 Å². The molecule has 3 N–H and O–H groups in total. The van der Waals surface area contributed by atoms with Crippen molar-refractivity contribution in [2.75, 3.05) is 4.72 Å². The molecule has 140 valence electrons. The Morgan fingerprint density at radius 1 is 0.926 bits per heavy atom. The Hall–Kier alpha value is -2.97. The Morgan fingerprint density at radius 2 is 1.59 bits per heavy atom. The van der Waals surface area contributed by atoms with Crippen LogP contribution in [0.4, 0.5) is 14.5 Å². The normalized spacial score (nSPS) is 11.4. The van der Waals surface area contributed by atoms with E-state index < -0.39 is 28.3 Å². The van der Waals surface area contributed by atoms with Crippen LogP contribution in [0.3, 0.4) is 0 Å². The van der Waals surface area contributed by atoms with Gasteiger partial charge in [-0.2, -0.15) is 0 Å². The summed E-state index contributed by atoms with van der Waals surface area (Å²) in [7, 11) is -4.07. The molecule has 3 aromatic carbocycles. The first-order valence-corrected chi connectivity index (χ1v) is 9.30. The summed E-state index contributed by atoms with van der Waals surface area (Å²) < 4.78 is 55.4. The number of benzene rings is 3. The van der Waals surface area contributed by atoms with Crippen LogP contribution in [0.15, 0.2) is 65.6 Å². The maximum atomic E-state index is 14.0. The van der Waals surface area contributed by atoms with Gasteiger partial charge in [-0.15, -0.1) is 0 Å². The number of hydrogen-bond acceptors (Lipinski definition) is 4. The Balaban J connectivity index is 1.97. The molecule has 0 fully saturated rings. The lowest BCUT2D eigenvalue weighted by Crippen LogP contribution is -2.13. The SMILES string of the molecule is O=S(=O)(Nc1ccc(CO)c(O)c1)c1cccc(-c2c(F)cccc2F)c1. The molecule has 8 heteroatoms. The zero-order valence-electron chi connectivity index (χ0n) is 13.9. The monoisotopic (exact) mass is 391 g/mol. The van der Waals surface area contributed by atoms with Crippen molar-refractivity contribution in [2.45, 2.75) is 11.5 Å². The number of hydrogen-bond donors (Lipinski definition) is 3. The summed E-state index contributed by atoms with van der Waals surface area (Å²) >= 11 is 0. The van der Waals surface area contributed by atoms with E-state index in [9.17, 15) is 22.3 Å². The Kier molecular flexibility index (Phi) is 5.11. The highest BCUT2D eigenvalue weighted by Crippen LogP contribution is 2.29. The lowest BCUT2D eigenvalue weighted by atomic mass is 10.0. The summed E-state index contributed by atoms with van der Waals surface area (Å²) in [6.07, 6.45) is 0. The third kappa shape index (κ3) is 3.91. The molecule has 0 unspecified atom stereocenters. The van der Waals surface area contributed by atoms with E-state index in [4.69, 9.17) is 5.11 Å². The van der Waals surface area contributed by atoms with E-state index in [1.165, 1.54) is 36.4 Å². The molecule has 0 heterocycles. The maximum absolute atomic E-state index is 14.0. The third-order valence-electron chi connectivity index (χ3n) is 3.90. The molecule has 0 amide bonds. The van der Waals surface area contributed by atoms with Gasteiger partial charge in [0.05, 0.1) is 22.8 Å². The Morgan fingerprint density at radius 3 is 2.22 bits per heavy atom. The lowest BCUT2D eigenvalue weighted by molar-refractivity contribution is 0.275. The molecular formula is C19H15F2NO4S. The van der Waals surface area contributed by atoms with Crippen molar-refractivity contribution in [3.8, 4) is 16.9 Å². The summed E-state index contributed by atoms with van der Waals surface area (Å²) in [4.78, 5) is -0.201. The van der Waals surface area contributed by atoms with Crippen LogP contribution in [0.5, 0.6) is 5.75 Å². The molecule has 0 bridgehead atoms. The molecule has 27 heavy (non-hydrogen) atoms. The average Bonchev–Trinajstić information content (AvgIpc) is 2.62. The van der Waals surface area contributed by atoms with Crippen molar-refractivity contribution in [2.24, 2.45) is 0 Å². The minimum absolute atomic E-state index is 0.0759. The second-order valence-electron chi connectivity index (χ2n) is 5.73. The van der Waals surface area contributed by atoms with Crippen LogP contribution < -0.4 is 4.72 Å². The molecule has 3 rings (SSSR count). The van der Waals surface area contributed by atoms with Gasteiger partial charge in [-0.1, -0.05) is 24.3 Å². The first-order valence-electron chi connectivity index (χ1n) is 7.82. The second kappa shape index (κ2) is 7.34. The average molecular weight is 391 g/mol. The lowest BCUT2D eigenvalue weighted by Gasteiger charge is -2.11. The van der Waals surface area contributed by atoms with Gasteiger partial charge in [-0.25, -0.2) is 17.2 Å². The van der Waals surface area contributed by atoms with Gasteiger partial charge in [-0.3, -0.25) is 4.72 Å². The van der Waals surface area contributed by atoms with Crippen LogP contribution >= 0.6 is 0 Å². The first-order chi connectivity index (χ1) is 12.8. The molecule has 0 atom stereocenters. The molecule has 0 radical (unpaired) electrons. The van der Waals surface area contributed by atoms with Gasteiger partial charge in [0.25, 0.3) is 10.0 Å². The predicted octanol–water partition coefficient (Wildman–Crippen LogP) is 3.63. The van der Waals surface area contributed by atoms with E-state index in [2.05, 4.69) is 4.72 Å².